The van der Waals surface area contributed by atoms with E-state index < -0.39 is 0 Å². The average Bonchev–Trinajstić information content (AvgIpc) is 3.01. The zero-order valence-electron chi connectivity index (χ0n) is 15.2. The summed E-state index contributed by atoms with van der Waals surface area (Å²) in [5, 5.41) is 6.91. The van der Waals surface area contributed by atoms with Crippen LogP contribution in [0.5, 0.6) is 0 Å². The maximum Gasteiger partial charge on any atom is 0.190 e. The molecular formula is C17H36IN3O2. The first-order valence-electron chi connectivity index (χ1n) is 8.77. The lowest BCUT2D eigenvalue weighted by Gasteiger charge is -2.30. The summed E-state index contributed by atoms with van der Waals surface area (Å²) >= 11 is 0. The van der Waals surface area contributed by atoms with E-state index in [1.54, 1.807) is 7.11 Å². The van der Waals surface area contributed by atoms with Crippen molar-refractivity contribution in [2.75, 3.05) is 47.1 Å². The van der Waals surface area contributed by atoms with E-state index in [0.29, 0.717) is 5.41 Å². The number of nitrogens with one attached hydrogen (secondary N) is 2. The van der Waals surface area contributed by atoms with Gasteiger partial charge in [0.2, 0.25) is 0 Å². The van der Waals surface area contributed by atoms with Gasteiger partial charge in [-0.25, -0.2) is 0 Å². The first-order valence-corrected chi connectivity index (χ1v) is 8.77. The molecule has 138 valence electrons. The van der Waals surface area contributed by atoms with Gasteiger partial charge >= 0.3 is 0 Å². The van der Waals surface area contributed by atoms with Crippen LogP contribution in [-0.2, 0) is 9.47 Å². The molecule has 0 aliphatic heterocycles. The minimum Gasteiger partial charge on any atom is -0.385 e. The maximum absolute atomic E-state index is 5.35. The smallest absolute Gasteiger partial charge is 0.190 e. The van der Waals surface area contributed by atoms with Gasteiger partial charge in [-0.3, -0.25) is 4.99 Å². The van der Waals surface area contributed by atoms with Gasteiger partial charge in [0, 0.05) is 47.1 Å². The minimum absolute atomic E-state index is 0. The predicted molar refractivity (Wildman–Crippen MR) is 108 cm³/mol. The van der Waals surface area contributed by atoms with Crippen molar-refractivity contribution in [3.63, 3.8) is 0 Å². The quantitative estimate of drug-likeness (QED) is 0.224. The fraction of sp³-hybridized carbons (Fsp3) is 0.941. The molecule has 0 radical (unpaired) electrons. The molecule has 0 unspecified atom stereocenters. The number of guanidine groups is 1. The summed E-state index contributed by atoms with van der Waals surface area (Å²) in [6.45, 7) is 6.48. The van der Waals surface area contributed by atoms with Crippen LogP contribution in [0.3, 0.4) is 0 Å². The summed E-state index contributed by atoms with van der Waals surface area (Å²) in [5.74, 6) is 0.917. The summed E-state index contributed by atoms with van der Waals surface area (Å²) in [7, 11) is 3.63. The average molecular weight is 441 g/mol. The van der Waals surface area contributed by atoms with Gasteiger partial charge in [-0.1, -0.05) is 12.8 Å². The van der Waals surface area contributed by atoms with E-state index in [4.69, 9.17) is 9.47 Å². The minimum atomic E-state index is 0. The molecule has 0 saturated heterocycles. The Morgan fingerprint density at radius 1 is 1.13 bits per heavy atom. The normalized spacial score (nSPS) is 16.9. The Labute approximate surface area is 159 Å². The molecule has 0 aromatic heterocycles. The van der Waals surface area contributed by atoms with Crippen LogP contribution in [0, 0.1) is 5.41 Å². The number of methoxy groups -OCH3 is 1. The zero-order valence-corrected chi connectivity index (χ0v) is 17.5. The summed E-state index contributed by atoms with van der Waals surface area (Å²) in [6.07, 6.45) is 8.63. The van der Waals surface area contributed by atoms with Crippen molar-refractivity contribution in [2.45, 2.75) is 51.9 Å². The highest BCUT2D eigenvalue weighted by molar-refractivity contribution is 14.0. The standard InChI is InChI=1S/C17H35N3O2.HI/c1-4-22-13-8-7-12-19-16(18-2)20-15-17(11-14-21-3)9-5-6-10-17;/h4-15H2,1-3H3,(H2,18,19,20);1H. The molecule has 5 nitrogen and oxygen atoms in total. The van der Waals surface area contributed by atoms with Crippen LogP contribution in [0.4, 0.5) is 0 Å². The second-order valence-electron chi connectivity index (χ2n) is 6.21. The predicted octanol–water partition coefficient (Wildman–Crippen LogP) is 3.18. The van der Waals surface area contributed by atoms with Crippen molar-refractivity contribution >= 4 is 29.9 Å². The summed E-state index contributed by atoms with van der Waals surface area (Å²) in [4.78, 5) is 4.33. The highest BCUT2D eigenvalue weighted by atomic mass is 127. The van der Waals surface area contributed by atoms with E-state index in [9.17, 15) is 0 Å². The van der Waals surface area contributed by atoms with Crippen molar-refractivity contribution in [3.05, 3.63) is 0 Å². The van der Waals surface area contributed by atoms with Crippen molar-refractivity contribution in [1.29, 1.82) is 0 Å². The number of rotatable bonds is 11. The Morgan fingerprint density at radius 3 is 2.48 bits per heavy atom. The number of aliphatic imine (C=N–C) groups is 1. The van der Waals surface area contributed by atoms with Crippen LogP contribution in [0.2, 0.25) is 0 Å². The Morgan fingerprint density at radius 2 is 1.87 bits per heavy atom. The van der Waals surface area contributed by atoms with Gasteiger partial charge in [-0.2, -0.15) is 0 Å². The van der Waals surface area contributed by atoms with Crippen molar-refractivity contribution in [2.24, 2.45) is 10.4 Å². The Balaban J connectivity index is 0.00000484. The first kappa shape index (κ1) is 22.9. The van der Waals surface area contributed by atoms with Gasteiger partial charge in [0.15, 0.2) is 5.96 Å². The van der Waals surface area contributed by atoms with E-state index in [0.717, 1.165) is 58.1 Å². The number of halogens is 1. The van der Waals surface area contributed by atoms with Crippen LogP contribution < -0.4 is 10.6 Å². The Bertz CT molecular complexity index is 308. The van der Waals surface area contributed by atoms with Gasteiger partial charge < -0.3 is 20.1 Å². The van der Waals surface area contributed by atoms with E-state index in [-0.39, 0.29) is 24.0 Å². The third kappa shape index (κ3) is 9.72. The molecule has 0 aromatic rings. The van der Waals surface area contributed by atoms with Crippen LogP contribution in [0.15, 0.2) is 4.99 Å². The monoisotopic (exact) mass is 441 g/mol. The second kappa shape index (κ2) is 14.3. The number of ether oxygens (including phenoxy) is 2. The topological polar surface area (TPSA) is 54.9 Å². The van der Waals surface area contributed by atoms with Crippen molar-refractivity contribution < 1.29 is 9.47 Å². The lowest BCUT2D eigenvalue weighted by Crippen LogP contribution is -2.43. The molecule has 0 atom stereocenters. The van der Waals surface area contributed by atoms with E-state index in [1.807, 2.05) is 14.0 Å². The molecule has 1 aliphatic carbocycles. The highest BCUT2D eigenvalue weighted by Gasteiger charge is 2.33. The number of unbranched alkanes of at least 4 members (excludes halogenated alkanes) is 1. The highest BCUT2D eigenvalue weighted by Crippen LogP contribution is 2.40. The van der Waals surface area contributed by atoms with Crippen molar-refractivity contribution in [3.8, 4) is 0 Å². The summed E-state index contributed by atoms with van der Waals surface area (Å²) in [6, 6.07) is 0. The third-order valence-corrected chi connectivity index (χ3v) is 4.57. The molecule has 1 fully saturated rings. The van der Waals surface area contributed by atoms with Gasteiger partial charge in [0.1, 0.15) is 0 Å². The molecule has 0 amide bonds. The molecule has 0 heterocycles. The summed E-state index contributed by atoms with van der Waals surface area (Å²) in [5.41, 5.74) is 0.391. The van der Waals surface area contributed by atoms with Crippen LogP contribution >= 0.6 is 24.0 Å². The fourth-order valence-electron chi connectivity index (χ4n) is 3.13. The van der Waals surface area contributed by atoms with E-state index in [1.165, 1.54) is 25.7 Å². The molecule has 6 heteroatoms. The van der Waals surface area contributed by atoms with Gasteiger partial charge in [0.05, 0.1) is 0 Å². The number of hydrogen-bond donors (Lipinski definition) is 2. The molecule has 0 bridgehead atoms. The number of hydrogen-bond acceptors (Lipinski definition) is 3. The maximum atomic E-state index is 5.35. The van der Waals surface area contributed by atoms with Crippen molar-refractivity contribution in [1.82, 2.24) is 10.6 Å². The molecule has 23 heavy (non-hydrogen) atoms. The largest absolute Gasteiger partial charge is 0.385 e. The molecular weight excluding hydrogens is 405 g/mol. The third-order valence-electron chi connectivity index (χ3n) is 4.57. The van der Waals surface area contributed by atoms with Gasteiger partial charge in [-0.05, 0) is 44.4 Å². The van der Waals surface area contributed by atoms with Crippen LogP contribution in [0.25, 0.3) is 0 Å². The van der Waals surface area contributed by atoms with Crippen LogP contribution in [-0.4, -0.2) is 53.0 Å². The van der Waals surface area contributed by atoms with Gasteiger partial charge in [0.25, 0.3) is 0 Å². The van der Waals surface area contributed by atoms with E-state index in [2.05, 4.69) is 15.6 Å². The second-order valence-corrected chi connectivity index (χ2v) is 6.21. The van der Waals surface area contributed by atoms with E-state index >= 15 is 0 Å². The van der Waals surface area contributed by atoms with Gasteiger partial charge in [-0.15, -0.1) is 24.0 Å². The first-order chi connectivity index (χ1) is 10.8. The number of nitrogens with zero attached hydrogens (tertiary/aromatic N) is 1. The zero-order chi connectivity index (χ0) is 16.1. The lowest BCUT2D eigenvalue weighted by atomic mass is 9.83. The summed E-state index contributed by atoms with van der Waals surface area (Å²) < 4.78 is 10.6. The SMILES string of the molecule is CCOCCCCNC(=NC)NCC1(CCOC)CCCC1.I. The molecule has 1 rings (SSSR count). The lowest BCUT2D eigenvalue weighted by molar-refractivity contribution is 0.138. The Hall–Kier alpha value is -0.0800. The fourth-order valence-corrected chi connectivity index (χ4v) is 3.13. The molecule has 0 aromatic carbocycles. The van der Waals surface area contributed by atoms with Crippen LogP contribution in [0.1, 0.15) is 51.9 Å². The molecule has 2 N–H and O–H groups in total. The molecule has 0 spiro atoms. The molecule has 1 saturated carbocycles. The molecule has 1 aliphatic rings. The Kier molecular flexibility index (Phi) is 14.2.